The quantitative estimate of drug-likeness (QED) is 0.700. The summed E-state index contributed by atoms with van der Waals surface area (Å²) in [6.45, 7) is 5.39. The molecule has 74 valence electrons. The second-order valence-corrected chi connectivity index (χ2v) is 4.15. The largest absolute Gasteiger partial charge is 0.446 e. The summed E-state index contributed by atoms with van der Waals surface area (Å²) in [5.74, 6) is 0.145. The van der Waals surface area contributed by atoms with Crippen LogP contribution in [0.2, 0.25) is 0 Å². The summed E-state index contributed by atoms with van der Waals surface area (Å²) >= 11 is 0. The number of ketones is 1. The van der Waals surface area contributed by atoms with Crippen molar-refractivity contribution in [3.8, 4) is 0 Å². The number of amides is 1. The minimum atomic E-state index is -0.764. The van der Waals surface area contributed by atoms with Gasteiger partial charge >= 0.3 is 6.09 Å². The van der Waals surface area contributed by atoms with Crippen molar-refractivity contribution < 1.29 is 14.3 Å². The molecule has 1 saturated carbocycles. The van der Waals surface area contributed by atoms with Gasteiger partial charge in [-0.15, -0.1) is 0 Å². The first-order valence-corrected chi connectivity index (χ1v) is 4.32. The molecule has 13 heavy (non-hydrogen) atoms. The molecular weight excluding hydrogens is 170 g/mol. The summed E-state index contributed by atoms with van der Waals surface area (Å²) in [4.78, 5) is 21.6. The van der Waals surface area contributed by atoms with E-state index in [1.54, 1.807) is 6.92 Å². The summed E-state index contributed by atoms with van der Waals surface area (Å²) in [7, 11) is 0. The van der Waals surface area contributed by atoms with Gasteiger partial charge < -0.3 is 10.5 Å². The van der Waals surface area contributed by atoms with Crippen molar-refractivity contribution in [1.29, 1.82) is 0 Å². The molecule has 0 saturated heterocycles. The average Bonchev–Trinajstić information content (AvgIpc) is 1.96. The Kier molecular flexibility index (Phi) is 2.32. The third-order valence-corrected chi connectivity index (χ3v) is 2.93. The van der Waals surface area contributed by atoms with E-state index in [-0.39, 0.29) is 23.2 Å². The second kappa shape index (κ2) is 3.01. The second-order valence-electron chi connectivity index (χ2n) is 4.15. The SMILES string of the molecule is CC(=O)C1CC(OC(N)=O)C1(C)C. The Hall–Kier alpha value is -1.06. The van der Waals surface area contributed by atoms with Crippen LogP contribution in [0.1, 0.15) is 27.2 Å². The predicted molar refractivity (Wildman–Crippen MR) is 47.0 cm³/mol. The minimum Gasteiger partial charge on any atom is -0.446 e. The van der Waals surface area contributed by atoms with Gasteiger partial charge in [0.15, 0.2) is 0 Å². The molecule has 4 nitrogen and oxygen atoms in total. The molecule has 1 rings (SSSR count). The molecule has 1 fully saturated rings. The molecule has 0 aromatic heterocycles. The van der Waals surface area contributed by atoms with Gasteiger partial charge in [-0.25, -0.2) is 4.79 Å². The van der Waals surface area contributed by atoms with E-state index in [0.717, 1.165) is 0 Å². The average molecular weight is 185 g/mol. The van der Waals surface area contributed by atoms with Crippen molar-refractivity contribution in [1.82, 2.24) is 0 Å². The standard InChI is InChI=1S/C9H15NO3/c1-5(11)6-4-7(9(6,2)3)13-8(10)12/h6-7H,4H2,1-3H3,(H2,10,12). The molecule has 4 heteroatoms. The Bertz CT molecular complexity index is 247. The van der Waals surface area contributed by atoms with E-state index < -0.39 is 6.09 Å². The van der Waals surface area contributed by atoms with Gasteiger partial charge in [0, 0.05) is 11.3 Å². The normalized spacial score (nSPS) is 30.4. The zero-order chi connectivity index (χ0) is 10.2. The first kappa shape index (κ1) is 10.0. The van der Waals surface area contributed by atoms with Crippen molar-refractivity contribution in [3.05, 3.63) is 0 Å². The van der Waals surface area contributed by atoms with Crippen LogP contribution in [0.5, 0.6) is 0 Å². The third kappa shape index (κ3) is 1.66. The fraction of sp³-hybridized carbons (Fsp3) is 0.778. The van der Waals surface area contributed by atoms with Crippen LogP contribution >= 0.6 is 0 Å². The maximum atomic E-state index is 11.1. The van der Waals surface area contributed by atoms with Crippen LogP contribution in [-0.2, 0) is 9.53 Å². The molecule has 1 amide bonds. The zero-order valence-electron chi connectivity index (χ0n) is 8.16. The number of carbonyl (C=O) groups is 2. The van der Waals surface area contributed by atoms with Crippen LogP contribution in [-0.4, -0.2) is 18.0 Å². The molecule has 0 aromatic carbocycles. The summed E-state index contributed by atoms with van der Waals surface area (Å²) in [5, 5.41) is 0. The first-order valence-electron chi connectivity index (χ1n) is 4.32. The number of hydrogen-bond acceptors (Lipinski definition) is 3. The van der Waals surface area contributed by atoms with Crippen molar-refractivity contribution in [3.63, 3.8) is 0 Å². The van der Waals surface area contributed by atoms with Gasteiger partial charge in [-0.05, 0) is 13.3 Å². The Morgan fingerprint density at radius 1 is 1.46 bits per heavy atom. The third-order valence-electron chi connectivity index (χ3n) is 2.93. The maximum absolute atomic E-state index is 11.1. The van der Waals surface area contributed by atoms with Gasteiger partial charge in [-0.1, -0.05) is 13.8 Å². The van der Waals surface area contributed by atoms with Crippen LogP contribution in [0.15, 0.2) is 0 Å². The van der Waals surface area contributed by atoms with E-state index in [1.165, 1.54) is 0 Å². The molecule has 1 aliphatic carbocycles. The highest BCUT2D eigenvalue weighted by atomic mass is 16.6. The Labute approximate surface area is 77.4 Å². The smallest absolute Gasteiger partial charge is 0.404 e. The molecule has 0 aromatic rings. The van der Waals surface area contributed by atoms with Crippen LogP contribution in [0, 0.1) is 11.3 Å². The van der Waals surface area contributed by atoms with E-state index in [2.05, 4.69) is 0 Å². The summed E-state index contributed by atoms with van der Waals surface area (Å²) in [5.41, 5.74) is 4.64. The lowest BCUT2D eigenvalue weighted by atomic mass is 9.58. The van der Waals surface area contributed by atoms with Crippen LogP contribution in [0.3, 0.4) is 0 Å². The number of primary amides is 1. The van der Waals surface area contributed by atoms with Crippen LogP contribution in [0.25, 0.3) is 0 Å². The fourth-order valence-electron chi connectivity index (χ4n) is 1.92. The molecule has 2 unspecified atom stereocenters. The number of ether oxygens (including phenoxy) is 1. The summed E-state index contributed by atoms with van der Waals surface area (Å²) in [6, 6.07) is 0. The number of carbonyl (C=O) groups excluding carboxylic acids is 2. The van der Waals surface area contributed by atoms with Gasteiger partial charge in [0.05, 0.1) is 0 Å². The lowest BCUT2D eigenvalue weighted by Crippen LogP contribution is -2.54. The van der Waals surface area contributed by atoms with E-state index >= 15 is 0 Å². The zero-order valence-corrected chi connectivity index (χ0v) is 8.16. The van der Waals surface area contributed by atoms with E-state index in [4.69, 9.17) is 10.5 Å². The molecule has 0 heterocycles. The van der Waals surface area contributed by atoms with Crippen molar-refractivity contribution in [2.45, 2.75) is 33.3 Å². The summed E-state index contributed by atoms with van der Waals surface area (Å²) in [6.07, 6.45) is -0.371. The lowest BCUT2D eigenvalue weighted by molar-refractivity contribution is -0.147. The molecule has 0 spiro atoms. The number of rotatable bonds is 2. The van der Waals surface area contributed by atoms with Gasteiger partial charge in [0.25, 0.3) is 0 Å². The predicted octanol–water partition coefficient (Wildman–Crippen LogP) is 1.09. The van der Waals surface area contributed by atoms with Gasteiger partial charge in [-0.2, -0.15) is 0 Å². The highest BCUT2D eigenvalue weighted by molar-refractivity contribution is 5.80. The molecule has 0 aliphatic heterocycles. The van der Waals surface area contributed by atoms with Crippen LogP contribution in [0.4, 0.5) is 4.79 Å². The molecule has 2 N–H and O–H groups in total. The number of nitrogens with two attached hydrogens (primary N) is 1. The number of hydrogen-bond donors (Lipinski definition) is 1. The molecule has 0 radical (unpaired) electrons. The van der Waals surface area contributed by atoms with Gasteiger partial charge in [0.1, 0.15) is 11.9 Å². The minimum absolute atomic E-state index is 0.00292. The van der Waals surface area contributed by atoms with Crippen LogP contribution < -0.4 is 5.73 Å². The van der Waals surface area contributed by atoms with Gasteiger partial charge in [0.2, 0.25) is 0 Å². The Balaban J connectivity index is 2.59. The van der Waals surface area contributed by atoms with E-state index in [1.807, 2.05) is 13.8 Å². The topological polar surface area (TPSA) is 69.4 Å². The van der Waals surface area contributed by atoms with Crippen molar-refractivity contribution in [2.24, 2.45) is 17.1 Å². The molecular formula is C9H15NO3. The highest BCUT2D eigenvalue weighted by Gasteiger charge is 2.52. The van der Waals surface area contributed by atoms with Crippen molar-refractivity contribution in [2.75, 3.05) is 0 Å². The maximum Gasteiger partial charge on any atom is 0.404 e. The Morgan fingerprint density at radius 3 is 2.31 bits per heavy atom. The molecule has 2 atom stereocenters. The number of Topliss-reactive ketones (excluding diaryl/α,β-unsaturated/α-hetero) is 1. The van der Waals surface area contributed by atoms with E-state index in [9.17, 15) is 9.59 Å². The van der Waals surface area contributed by atoms with Crippen molar-refractivity contribution >= 4 is 11.9 Å². The highest BCUT2D eigenvalue weighted by Crippen LogP contribution is 2.48. The fourth-order valence-corrected chi connectivity index (χ4v) is 1.92. The van der Waals surface area contributed by atoms with E-state index in [0.29, 0.717) is 6.42 Å². The van der Waals surface area contributed by atoms with Gasteiger partial charge in [-0.3, -0.25) is 4.79 Å². The Morgan fingerprint density at radius 2 is 2.00 bits per heavy atom. The monoisotopic (exact) mass is 185 g/mol. The molecule has 1 aliphatic rings. The first-order chi connectivity index (χ1) is 5.85. The lowest BCUT2D eigenvalue weighted by Gasteiger charge is -2.49. The molecule has 0 bridgehead atoms. The summed E-state index contributed by atoms with van der Waals surface area (Å²) < 4.78 is 4.87.